The largest absolute Gasteiger partial charge is 0.480 e. The Balaban J connectivity index is 1.39. The van der Waals surface area contributed by atoms with E-state index in [9.17, 15) is 17.6 Å². The van der Waals surface area contributed by atoms with E-state index in [1.807, 2.05) is 0 Å². The molecule has 0 N–H and O–H groups in total. The molecule has 0 aliphatic heterocycles. The Bertz CT molecular complexity index is 1490. The van der Waals surface area contributed by atoms with Crippen LogP contribution < -0.4 is 9.47 Å². The second kappa shape index (κ2) is 9.95. The molecular formula is C25H23F4N7O2. The normalized spacial score (nSPS) is 13.6. The van der Waals surface area contributed by atoms with Gasteiger partial charge in [0.05, 0.1) is 12.8 Å². The predicted octanol–water partition coefficient (Wildman–Crippen LogP) is 5.14. The summed E-state index contributed by atoms with van der Waals surface area (Å²) in [6, 6.07) is 1.15. The fourth-order valence-electron chi connectivity index (χ4n) is 3.96. The van der Waals surface area contributed by atoms with Gasteiger partial charge in [-0.1, -0.05) is 0 Å². The lowest BCUT2D eigenvalue weighted by atomic mass is 10.1. The molecular weight excluding hydrogens is 506 g/mol. The van der Waals surface area contributed by atoms with Gasteiger partial charge in [-0.2, -0.15) is 18.2 Å². The van der Waals surface area contributed by atoms with Crippen molar-refractivity contribution in [3.63, 3.8) is 0 Å². The number of rotatable bonds is 8. The van der Waals surface area contributed by atoms with E-state index in [2.05, 4.69) is 29.9 Å². The molecule has 0 amide bonds. The molecule has 4 aromatic heterocycles. The number of nitrogens with zero attached hydrogens (tertiary/aromatic N) is 7. The minimum Gasteiger partial charge on any atom is -0.480 e. The Morgan fingerprint density at radius 2 is 1.84 bits per heavy atom. The Hall–Kier alpha value is -4.16. The van der Waals surface area contributed by atoms with Gasteiger partial charge in [0.2, 0.25) is 11.8 Å². The van der Waals surface area contributed by atoms with Gasteiger partial charge in [-0.3, -0.25) is 0 Å². The summed E-state index contributed by atoms with van der Waals surface area (Å²) in [5.74, 6) is 0.240. The molecule has 0 unspecified atom stereocenters. The van der Waals surface area contributed by atoms with Gasteiger partial charge in [-0.25, -0.2) is 29.3 Å². The third-order valence-corrected chi connectivity index (χ3v) is 6.04. The molecule has 5 rings (SSSR count). The first-order chi connectivity index (χ1) is 18.2. The Kier molecular flexibility index (Phi) is 6.67. The Labute approximate surface area is 215 Å². The molecule has 0 atom stereocenters. The van der Waals surface area contributed by atoms with Crippen molar-refractivity contribution in [2.75, 3.05) is 7.11 Å². The molecule has 0 aromatic carbocycles. The standard InChI is InChI=1S/C25H23F4N7O2/c1-4-36-10-17(25(27,28)29)34-22(36)20-16(26)7-14(9-30-20)11-38-23-13(2)8-31-21(35-23)18-19(15-5-6-15)32-12-33-24(18)37-3/h7-10,12,15H,4-6,11H2,1-3H3. The zero-order valence-corrected chi connectivity index (χ0v) is 20.8. The van der Waals surface area contributed by atoms with Crippen LogP contribution in [0.1, 0.15) is 48.2 Å². The quantitative estimate of drug-likeness (QED) is 0.289. The van der Waals surface area contributed by atoms with Gasteiger partial charge in [0.25, 0.3) is 0 Å². The summed E-state index contributed by atoms with van der Waals surface area (Å²) in [6.07, 6.45) is 2.58. The van der Waals surface area contributed by atoms with E-state index in [-0.39, 0.29) is 30.5 Å². The van der Waals surface area contributed by atoms with Crippen molar-refractivity contribution in [1.82, 2.24) is 34.5 Å². The highest BCUT2D eigenvalue weighted by Crippen LogP contribution is 2.45. The van der Waals surface area contributed by atoms with Crippen molar-refractivity contribution < 1.29 is 27.0 Å². The zero-order valence-electron chi connectivity index (χ0n) is 20.8. The van der Waals surface area contributed by atoms with Gasteiger partial charge in [0.1, 0.15) is 24.2 Å². The van der Waals surface area contributed by atoms with Crippen LogP contribution in [0.25, 0.3) is 22.9 Å². The number of aromatic nitrogens is 7. The predicted molar refractivity (Wildman–Crippen MR) is 127 cm³/mol. The van der Waals surface area contributed by atoms with Crippen LogP contribution in [0.3, 0.4) is 0 Å². The highest BCUT2D eigenvalue weighted by Gasteiger charge is 2.35. The molecule has 0 saturated heterocycles. The van der Waals surface area contributed by atoms with Crippen molar-refractivity contribution in [2.24, 2.45) is 0 Å². The van der Waals surface area contributed by atoms with Crippen molar-refractivity contribution in [3.05, 3.63) is 59.3 Å². The van der Waals surface area contributed by atoms with Crippen molar-refractivity contribution in [3.8, 4) is 34.7 Å². The summed E-state index contributed by atoms with van der Waals surface area (Å²) in [5.41, 5.74) is 1.03. The van der Waals surface area contributed by atoms with Crippen LogP contribution in [0.15, 0.2) is 31.0 Å². The maximum Gasteiger partial charge on any atom is 0.434 e. The maximum atomic E-state index is 15.0. The summed E-state index contributed by atoms with van der Waals surface area (Å²) in [4.78, 5) is 25.2. The van der Waals surface area contributed by atoms with Crippen LogP contribution >= 0.6 is 0 Å². The van der Waals surface area contributed by atoms with Crippen LogP contribution in [0, 0.1) is 12.7 Å². The highest BCUT2D eigenvalue weighted by molar-refractivity contribution is 5.66. The molecule has 13 heteroatoms. The fraction of sp³-hybridized carbons (Fsp3) is 0.360. The van der Waals surface area contributed by atoms with Gasteiger partial charge in [0.15, 0.2) is 23.2 Å². The lowest BCUT2D eigenvalue weighted by Gasteiger charge is -2.13. The molecule has 0 spiro atoms. The molecule has 1 saturated carbocycles. The first kappa shape index (κ1) is 25.5. The van der Waals surface area contributed by atoms with Crippen LogP contribution in [0.4, 0.5) is 17.6 Å². The Morgan fingerprint density at radius 1 is 1.05 bits per heavy atom. The molecule has 4 aromatic rings. The number of pyridine rings is 1. The highest BCUT2D eigenvalue weighted by atomic mass is 19.4. The average molecular weight is 529 g/mol. The third-order valence-electron chi connectivity index (χ3n) is 6.04. The molecule has 9 nitrogen and oxygen atoms in total. The van der Waals surface area contributed by atoms with Gasteiger partial charge in [-0.15, -0.1) is 0 Å². The summed E-state index contributed by atoms with van der Waals surface area (Å²) in [5, 5.41) is 0. The van der Waals surface area contributed by atoms with E-state index in [0.29, 0.717) is 34.3 Å². The minimum absolute atomic E-state index is 0.0879. The van der Waals surface area contributed by atoms with Crippen LogP contribution in [0.2, 0.25) is 0 Å². The monoisotopic (exact) mass is 529 g/mol. The van der Waals surface area contributed by atoms with E-state index in [0.717, 1.165) is 30.8 Å². The van der Waals surface area contributed by atoms with Crippen LogP contribution in [0.5, 0.6) is 11.8 Å². The van der Waals surface area contributed by atoms with Gasteiger partial charge < -0.3 is 14.0 Å². The van der Waals surface area contributed by atoms with Crippen LogP contribution in [-0.4, -0.2) is 41.6 Å². The summed E-state index contributed by atoms with van der Waals surface area (Å²) < 4.78 is 66.8. The smallest absolute Gasteiger partial charge is 0.434 e. The number of ether oxygens (including phenoxy) is 2. The number of methoxy groups -OCH3 is 1. The number of halogens is 4. The SMILES string of the molecule is CCn1cc(C(F)(F)F)nc1-c1ncc(COc2nc(-c3c(OC)ncnc3C3CC3)ncc2C)cc1F. The molecule has 1 aliphatic carbocycles. The first-order valence-electron chi connectivity index (χ1n) is 11.8. The van der Waals surface area contributed by atoms with E-state index in [1.165, 1.54) is 24.2 Å². The van der Waals surface area contributed by atoms with E-state index < -0.39 is 17.7 Å². The van der Waals surface area contributed by atoms with Gasteiger partial charge >= 0.3 is 6.18 Å². The topological polar surface area (TPSA) is 101 Å². The number of aryl methyl sites for hydroxylation is 2. The molecule has 38 heavy (non-hydrogen) atoms. The first-order valence-corrected chi connectivity index (χ1v) is 11.8. The van der Waals surface area contributed by atoms with Gasteiger partial charge in [-0.05, 0) is 32.8 Å². The molecule has 4 heterocycles. The fourth-order valence-corrected chi connectivity index (χ4v) is 3.96. The molecule has 0 bridgehead atoms. The molecule has 1 fully saturated rings. The lowest BCUT2D eigenvalue weighted by Crippen LogP contribution is -2.06. The third kappa shape index (κ3) is 5.00. The average Bonchev–Trinajstić information content (AvgIpc) is 3.65. The van der Waals surface area contributed by atoms with Crippen molar-refractivity contribution in [2.45, 2.75) is 51.9 Å². The minimum atomic E-state index is -4.65. The molecule has 198 valence electrons. The van der Waals surface area contributed by atoms with Crippen molar-refractivity contribution >= 4 is 0 Å². The lowest BCUT2D eigenvalue weighted by molar-refractivity contribution is -0.140. The second-order valence-corrected chi connectivity index (χ2v) is 8.80. The number of imidazole rings is 1. The van der Waals surface area contributed by atoms with E-state index >= 15 is 0 Å². The van der Waals surface area contributed by atoms with E-state index in [4.69, 9.17) is 9.47 Å². The van der Waals surface area contributed by atoms with Crippen LogP contribution in [-0.2, 0) is 19.3 Å². The molecule has 1 aliphatic rings. The van der Waals surface area contributed by atoms with E-state index in [1.54, 1.807) is 20.0 Å². The molecule has 0 radical (unpaired) electrons. The summed E-state index contributed by atoms with van der Waals surface area (Å²) >= 11 is 0. The van der Waals surface area contributed by atoms with Gasteiger partial charge in [0, 0.05) is 42.2 Å². The van der Waals surface area contributed by atoms with Crippen molar-refractivity contribution in [1.29, 1.82) is 0 Å². The number of hydrogen-bond donors (Lipinski definition) is 0. The summed E-state index contributed by atoms with van der Waals surface area (Å²) in [7, 11) is 1.51. The number of hydrogen-bond acceptors (Lipinski definition) is 8. The maximum absolute atomic E-state index is 15.0. The Morgan fingerprint density at radius 3 is 2.50 bits per heavy atom. The zero-order chi connectivity index (χ0) is 27.0. The summed E-state index contributed by atoms with van der Waals surface area (Å²) in [6.45, 7) is 3.48. The number of alkyl halides is 3. The second-order valence-electron chi connectivity index (χ2n) is 8.80.